The van der Waals surface area contributed by atoms with E-state index in [1.807, 2.05) is 36.4 Å². The van der Waals surface area contributed by atoms with Crippen LogP contribution in [0, 0.1) is 12.8 Å². The van der Waals surface area contributed by atoms with Crippen LogP contribution in [0.5, 0.6) is 0 Å². The minimum atomic E-state index is -0.441. The number of anilines is 2. The Hall–Kier alpha value is -4.65. The van der Waals surface area contributed by atoms with Crippen molar-refractivity contribution < 1.29 is 18.8 Å². The third-order valence-corrected chi connectivity index (χ3v) is 8.65. The number of benzene rings is 3. The van der Waals surface area contributed by atoms with Crippen molar-refractivity contribution in [2.24, 2.45) is 11.7 Å². The van der Waals surface area contributed by atoms with E-state index in [9.17, 15) is 14.4 Å². The number of hydrogen-bond donors (Lipinski definition) is 2. The van der Waals surface area contributed by atoms with Gasteiger partial charge in [0.1, 0.15) is 0 Å². The maximum absolute atomic E-state index is 13.2. The lowest BCUT2D eigenvalue weighted by Crippen LogP contribution is -2.34. The number of carbonyl (C=O) groups is 3. The van der Waals surface area contributed by atoms with E-state index in [-0.39, 0.29) is 17.5 Å². The number of ketones is 1. The smallest absolute Gasteiger partial charge is 0.291 e. The van der Waals surface area contributed by atoms with Crippen LogP contribution in [0.4, 0.5) is 11.4 Å². The predicted molar refractivity (Wildman–Crippen MR) is 174 cm³/mol. The third-order valence-electron chi connectivity index (χ3n) is 8.65. The molecule has 0 saturated carbocycles. The number of primary amides is 1. The van der Waals surface area contributed by atoms with Gasteiger partial charge in [0.25, 0.3) is 5.91 Å². The van der Waals surface area contributed by atoms with Crippen LogP contribution in [0.15, 0.2) is 89.5 Å². The molecule has 0 unspecified atom stereocenters. The Morgan fingerprint density at radius 1 is 0.886 bits per heavy atom. The molecule has 1 aliphatic heterocycles. The molecule has 0 atom stereocenters. The summed E-state index contributed by atoms with van der Waals surface area (Å²) >= 11 is 0. The number of piperidine rings is 1. The lowest BCUT2D eigenvalue weighted by Gasteiger charge is -2.34. The van der Waals surface area contributed by atoms with Crippen LogP contribution in [0.1, 0.15) is 86.5 Å². The molecular weight excluding hydrogens is 550 g/mol. The second-order valence-electron chi connectivity index (χ2n) is 11.8. The number of nitrogens with zero attached hydrogens (tertiary/aromatic N) is 1. The highest BCUT2D eigenvalue weighted by atomic mass is 16.3. The van der Waals surface area contributed by atoms with Gasteiger partial charge >= 0.3 is 0 Å². The zero-order valence-corrected chi connectivity index (χ0v) is 25.4. The summed E-state index contributed by atoms with van der Waals surface area (Å²) in [5, 5.41) is 3.00. The van der Waals surface area contributed by atoms with Crippen LogP contribution in [0.2, 0.25) is 0 Å². The number of Topliss-reactive ketones (excluding diaryl/α,β-unsaturated/α-hetero) is 1. The Kier molecular flexibility index (Phi) is 10.3. The van der Waals surface area contributed by atoms with Crippen LogP contribution >= 0.6 is 0 Å². The van der Waals surface area contributed by atoms with Crippen molar-refractivity contribution in [3.05, 3.63) is 119 Å². The fourth-order valence-corrected chi connectivity index (χ4v) is 6.06. The molecule has 3 N–H and O–H groups in total. The maximum Gasteiger partial charge on any atom is 0.291 e. The van der Waals surface area contributed by atoms with Gasteiger partial charge in [0, 0.05) is 42.0 Å². The molecule has 2 amide bonds. The van der Waals surface area contributed by atoms with Gasteiger partial charge in [0.15, 0.2) is 11.5 Å². The molecule has 0 aliphatic carbocycles. The molecule has 228 valence electrons. The largest absolute Gasteiger partial charge is 0.459 e. The molecule has 2 heterocycles. The Balaban J connectivity index is 1.19. The second-order valence-corrected chi connectivity index (χ2v) is 11.8. The molecule has 0 bridgehead atoms. The lowest BCUT2D eigenvalue weighted by molar-refractivity contribution is 0.0974. The topological polar surface area (TPSA) is 106 Å². The monoisotopic (exact) mass is 591 g/mol. The molecule has 4 aromatic rings. The molecule has 0 radical (unpaired) electrons. The van der Waals surface area contributed by atoms with Crippen LogP contribution in [0.25, 0.3) is 0 Å². The summed E-state index contributed by atoms with van der Waals surface area (Å²) in [5.41, 5.74) is 11.8. The van der Waals surface area contributed by atoms with Crippen molar-refractivity contribution in [3.63, 3.8) is 0 Å². The average molecular weight is 592 g/mol. The van der Waals surface area contributed by atoms with Crippen molar-refractivity contribution in [1.82, 2.24) is 0 Å². The van der Waals surface area contributed by atoms with Crippen molar-refractivity contribution in [2.75, 3.05) is 23.3 Å². The number of hydrogen-bond acceptors (Lipinski definition) is 5. The quantitative estimate of drug-likeness (QED) is 0.125. The normalized spacial score (nSPS) is 13.5. The SMILES string of the molecule is Cc1ccccc1N1CCC(CCc2ccc(C(=O)CCCCc3cccc(C(N)=O)c3)cc2NC(=O)c2ccco2)CC1. The van der Waals surface area contributed by atoms with E-state index in [2.05, 4.69) is 41.4 Å². The molecule has 44 heavy (non-hydrogen) atoms. The van der Waals surface area contributed by atoms with Crippen LogP contribution in [-0.2, 0) is 12.8 Å². The first-order chi connectivity index (χ1) is 21.4. The van der Waals surface area contributed by atoms with Crippen LogP contribution in [-0.4, -0.2) is 30.7 Å². The van der Waals surface area contributed by atoms with Gasteiger partial charge in [-0.05, 0) is 111 Å². The average Bonchev–Trinajstić information content (AvgIpc) is 3.59. The van der Waals surface area contributed by atoms with E-state index >= 15 is 0 Å². The van der Waals surface area contributed by atoms with E-state index in [0.717, 1.165) is 69.2 Å². The Labute approximate surface area is 259 Å². The minimum Gasteiger partial charge on any atom is -0.459 e. The summed E-state index contributed by atoms with van der Waals surface area (Å²) in [6.45, 7) is 4.25. The second kappa shape index (κ2) is 14.7. The van der Waals surface area contributed by atoms with E-state index < -0.39 is 5.91 Å². The molecular formula is C37H41N3O4. The fraction of sp³-hybridized carbons (Fsp3) is 0.324. The van der Waals surface area contributed by atoms with Crippen molar-refractivity contribution in [1.29, 1.82) is 0 Å². The van der Waals surface area contributed by atoms with Gasteiger partial charge < -0.3 is 20.4 Å². The lowest BCUT2D eigenvalue weighted by atomic mass is 9.89. The molecule has 7 heteroatoms. The number of para-hydroxylation sites is 1. The molecule has 3 aromatic carbocycles. The fourth-order valence-electron chi connectivity index (χ4n) is 6.06. The number of nitrogens with one attached hydrogen (secondary N) is 1. The van der Waals surface area contributed by atoms with Crippen LogP contribution in [0.3, 0.4) is 0 Å². The van der Waals surface area contributed by atoms with Crippen molar-refractivity contribution in [2.45, 2.75) is 58.3 Å². The van der Waals surface area contributed by atoms with E-state index in [4.69, 9.17) is 10.2 Å². The Morgan fingerprint density at radius 2 is 1.70 bits per heavy atom. The molecule has 1 aliphatic rings. The van der Waals surface area contributed by atoms with Gasteiger partial charge in [-0.15, -0.1) is 0 Å². The molecule has 1 saturated heterocycles. The maximum atomic E-state index is 13.2. The first kappa shape index (κ1) is 30.8. The first-order valence-electron chi connectivity index (χ1n) is 15.6. The van der Waals surface area contributed by atoms with Crippen molar-refractivity contribution >= 4 is 29.0 Å². The summed E-state index contributed by atoms with van der Waals surface area (Å²) in [5.74, 6) is 0.111. The minimum absolute atomic E-state index is 0.0412. The number of furan rings is 1. The highest BCUT2D eigenvalue weighted by Crippen LogP contribution is 2.30. The van der Waals surface area contributed by atoms with Gasteiger partial charge in [0.2, 0.25) is 5.91 Å². The number of unbranched alkanes of at least 4 members (excludes halogenated alkanes) is 1. The predicted octanol–water partition coefficient (Wildman–Crippen LogP) is 7.38. The standard InChI is InChI=1S/C37H41N3O4/c1-26-8-2-4-12-33(26)40-21-19-27(20-22-40)15-16-29-17-18-30(25-32(29)39-37(43)35-14-7-23-44-35)34(41)13-5-3-9-28-10-6-11-31(24-28)36(38)42/h2,4,6-8,10-12,14,17-18,23-25,27H,3,5,9,13,15-16,19-22H2,1H3,(H2,38,42)(H,39,43). The van der Waals surface area contributed by atoms with Crippen molar-refractivity contribution in [3.8, 4) is 0 Å². The Bertz CT molecular complexity index is 1590. The summed E-state index contributed by atoms with van der Waals surface area (Å²) < 4.78 is 5.31. The summed E-state index contributed by atoms with van der Waals surface area (Å²) in [4.78, 5) is 40.0. The first-order valence-corrected chi connectivity index (χ1v) is 15.6. The van der Waals surface area contributed by atoms with Gasteiger partial charge in [-0.3, -0.25) is 14.4 Å². The van der Waals surface area contributed by atoms with E-state index in [1.54, 1.807) is 18.2 Å². The molecule has 1 aromatic heterocycles. The van der Waals surface area contributed by atoms with Gasteiger partial charge in [0.05, 0.1) is 6.26 Å². The number of aryl methyl sites for hydroxylation is 3. The van der Waals surface area contributed by atoms with Crippen LogP contribution < -0.4 is 16.0 Å². The third kappa shape index (κ3) is 8.04. The molecule has 5 rings (SSSR count). The number of amides is 2. The molecule has 1 fully saturated rings. The zero-order valence-electron chi connectivity index (χ0n) is 25.4. The summed E-state index contributed by atoms with van der Waals surface area (Å²) in [7, 11) is 0. The highest BCUT2D eigenvalue weighted by molar-refractivity contribution is 6.04. The highest BCUT2D eigenvalue weighted by Gasteiger charge is 2.21. The molecule has 0 spiro atoms. The van der Waals surface area contributed by atoms with E-state index in [1.165, 1.54) is 17.5 Å². The van der Waals surface area contributed by atoms with Gasteiger partial charge in [-0.25, -0.2) is 0 Å². The zero-order chi connectivity index (χ0) is 30.9. The van der Waals surface area contributed by atoms with E-state index in [0.29, 0.717) is 29.2 Å². The Morgan fingerprint density at radius 3 is 2.45 bits per heavy atom. The number of carbonyl (C=O) groups excluding carboxylic acids is 3. The number of rotatable bonds is 13. The summed E-state index contributed by atoms with van der Waals surface area (Å²) in [6.07, 6.45) is 8.28. The van der Waals surface area contributed by atoms with Gasteiger partial charge in [-0.2, -0.15) is 0 Å². The van der Waals surface area contributed by atoms with Gasteiger partial charge in [-0.1, -0.05) is 42.5 Å². The summed E-state index contributed by atoms with van der Waals surface area (Å²) in [6, 6.07) is 24.9. The number of nitrogens with two attached hydrogens (primary N) is 1. The molecule has 7 nitrogen and oxygen atoms in total.